The molecule has 19 heavy (non-hydrogen) atoms. The van der Waals surface area contributed by atoms with E-state index in [1.807, 2.05) is 26.8 Å². The number of hydrogen-bond donors (Lipinski definition) is 3. The summed E-state index contributed by atoms with van der Waals surface area (Å²) >= 11 is 0. The number of fused-ring (bicyclic) bond motifs is 1. The fraction of sp³-hybridized carbons (Fsp3) is 0.800. The van der Waals surface area contributed by atoms with Crippen molar-refractivity contribution in [2.24, 2.45) is 23.7 Å². The smallest absolute Gasteiger partial charge is 0.161 e. The maximum absolute atomic E-state index is 12.3. The maximum Gasteiger partial charge on any atom is 0.161 e. The Hall–Kier alpha value is -0.710. The topological polar surface area (TPSA) is 77.8 Å². The van der Waals surface area contributed by atoms with E-state index in [2.05, 4.69) is 0 Å². The van der Waals surface area contributed by atoms with Gasteiger partial charge in [-0.3, -0.25) is 4.79 Å². The molecule has 2 aliphatic carbocycles. The van der Waals surface area contributed by atoms with E-state index in [4.69, 9.17) is 0 Å². The minimum atomic E-state index is -1.50. The van der Waals surface area contributed by atoms with Gasteiger partial charge in [-0.05, 0) is 29.7 Å². The number of allylic oxidation sites excluding steroid dienone is 2. The molecule has 1 fully saturated rings. The third-order valence-electron chi connectivity index (χ3n) is 4.78. The number of aliphatic hydroxyl groups excluding tert-OH is 2. The Kier molecular flexibility index (Phi) is 3.87. The molecule has 0 aromatic heterocycles. The normalized spacial score (nSPS) is 43.1. The second-order valence-corrected chi connectivity index (χ2v) is 6.52. The van der Waals surface area contributed by atoms with Crippen molar-refractivity contribution in [1.29, 1.82) is 0 Å². The summed E-state index contributed by atoms with van der Waals surface area (Å²) in [4.78, 5) is 12.3. The highest BCUT2D eigenvalue weighted by atomic mass is 16.3. The Morgan fingerprint density at radius 1 is 1.47 bits per heavy atom. The summed E-state index contributed by atoms with van der Waals surface area (Å²) in [5.41, 5.74) is -0.778. The fourth-order valence-electron chi connectivity index (χ4n) is 3.75. The van der Waals surface area contributed by atoms with E-state index in [-0.39, 0.29) is 30.0 Å². The van der Waals surface area contributed by atoms with Crippen LogP contribution in [0.1, 0.15) is 33.6 Å². The van der Waals surface area contributed by atoms with E-state index in [9.17, 15) is 20.1 Å². The van der Waals surface area contributed by atoms with Crippen molar-refractivity contribution in [2.75, 3.05) is 6.61 Å². The van der Waals surface area contributed by atoms with Crippen LogP contribution in [0.3, 0.4) is 0 Å². The van der Waals surface area contributed by atoms with Crippen LogP contribution in [-0.2, 0) is 4.79 Å². The zero-order valence-electron chi connectivity index (χ0n) is 11.8. The lowest BCUT2D eigenvalue weighted by molar-refractivity contribution is -0.132. The Morgan fingerprint density at radius 3 is 2.63 bits per heavy atom. The fourth-order valence-corrected chi connectivity index (χ4v) is 3.75. The molecule has 5 atom stereocenters. The number of ketones is 1. The molecule has 0 saturated heterocycles. The highest BCUT2D eigenvalue weighted by Crippen LogP contribution is 2.48. The molecule has 2 aliphatic rings. The summed E-state index contributed by atoms with van der Waals surface area (Å²) in [6, 6.07) is 0. The monoisotopic (exact) mass is 268 g/mol. The summed E-state index contributed by atoms with van der Waals surface area (Å²) in [6.45, 7) is 5.45. The maximum atomic E-state index is 12.3. The molecule has 1 saturated carbocycles. The van der Waals surface area contributed by atoms with Gasteiger partial charge in [0, 0.05) is 12.3 Å². The van der Waals surface area contributed by atoms with Crippen molar-refractivity contribution in [2.45, 2.75) is 45.3 Å². The lowest BCUT2D eigenvalue weighted by Crippen LogP contribution is -2.48. The van der Waals surface area contributed by atoms with Crippen molar-refractivity contribution in [3.05, 3.63) is 11.6 Å². The first-order valence-electron chi connectivity index (χ1n) is 7.06. The van der Waals surface area contributed by atoms with Gasteiger partial charge in [0.2, 0.25) is 0 Å². The van der Waals surface area contributed by atoms with Crippen molar-refractivity contribution in [3.63, 3.8) is 0 Å². The lowest BCUT2D eigenvalue weighted by atomic mass is 9.77. The van der Waals surface area contributed by atoms with E-state index >= 15 is 0 Å². The first kappa shape index (κ1) is 14.7. The molecule has 4 heteroatoms. The molecule has 0 radical (unpaired) electrons. The Labute approximate surface area is 114 Å². The number of carbonyl (C=O) groups excluding carboxylic acids is 1. The molecule has 0 amide bonds. The van der Waals surface area contributed by atoms with E-state index in [1.165, 1.54) is 0 Å². The van der Waals surface area contributed by atoms with Gasteiger partial charge in [0.1, 0.15) is 5.60 Å². The van der Waals surface area contributed by atoms with Gasteiger partial charge in [-0.2, -0.15) is 0 Å². The molecular weight excluding hydrogens is 244 g/mol. The average Bonchev–Trinajstić information content (AvgIpc) is 2.52. The number of rotatable bonds is 2. The largest absolute Gasteiger partial charge is 0.393 e. The first-order chi connectivity index (χ1) is 8.80. The highest BCUT2D eigenvalue weighted by Gasteiger charge is 2.53. The van der Waals surface area contributed by atoms with Gasteiger partial charge in [0.05, 0.1) is 12.7 Å². The number of Topliss-reactive ketones (excluding diaryl/α,β-unsaturated/α-hetero) is 1. The van der Waals surface area contributed by atoms with Gasteiger partial charge in [-0.1, -0.05) is 26.8 Å². The van der Waals surface area contributed by atoms with Crippen LogP contribution in [0.2, 0.25) is 0 Å². The van der Waals surface area contributed by atoms with Crippen LogP contribution in [0.5, 0.6) is 0 Å². The molecule has 0 spiro atoms. The molecule has 0 heterocycles. The van der Waals surface area contributed by atoms with E-state index in [0.717, 1.165) is 5.57 Å². The van der Waals surface area contributed by atoms with Crippen LogP contribution in [0.15, 0.2) is 11.6 Å². The van der Waals surface area contributed by atoms with Gasteiger partial charge in [-0.25, -0.2) is 0 Å². The Bertz CT molecular complexity index is 401. The van der Waals surface area contributed by atoms with E-state index in [0.29, 0.717) is 6.42 Å². The minimum absolute atomic E-state index is 0.0454. The molecule has 0 bridgehead atoms. The van der Waals surface area contributed by atoms with Crippen LogP contribution < -0.4 is 0 Å². The molecule has 0 aliphatic heterocycles. The molecule has 3 N–H and O–H groups in total. The SMILES string of the molecule is CC(C)C1=CC2C(C)CC(O)C2C(O)(CO)CC1=O. The molecule has 0 aromatic rings. The molecule has 108 valence electrons. The van der Waals surface area contributed by atoms with Gasteiger partial charge in [-0.15, -0.1) is 0 Å². The van der Waals surface area contributed by atoms with Crippen molar-refractivity contribution < 1.29 is 20.1 Å². The Balaban J connectivity index is 2.48. The third kappa shape index (κ3) is 2.37. The quantitative estimate of drug-likeness (QED) is 0.695. The standard InChI is InChI=1S/C15H24O4/c1-8(2)10-5-11-9(3)4-12(17)14(11)15(19,7-16)6-13(10)18/h5,8-9,11-12,14,16-17,19H,4,6-7H2,1-3H3. The first-order valence-corrected chi connectivity index (χ1v) is 7.06. The predicted octanol–water partition coefficient (Wildman–Crippen LogP) is 0.898. The van der Waals surface area contributed by atoms with Crippen LogP contribution in [0, 0.1) is 23.7 Å². The molecular formula is C15H24O4. The van der Waals surface area contributed by atoms with Gasteiger partial charge in [0.15, 0.2) is 5.78 Å². The van der Waals surface area contributed by atoms with Crippen molar-refractivity contribution in [3.8, 4) is 0 Å². The van der Waals surface area contributed by atoms with Crippen LogP contribution in [0.4, 0.5) is 0 Å². The third-order valence-corrected chi connectivity index (χ3v) is 4.78. The Morgan fingerprint density at radius 2 is 2.11 bits per heavy atom. The van der Waals surface area contributed by atoms with Crippen molar-refractivity contribution in [1.82, 2.24) is 0 Å². The van der Waals surface area contributed by atoms with Crippen LogP contribution >= 0.6 is 0 Å². The molecule has 0 aromatic carbocycles. The highest BCUT2D eigenvalue weighted by molar-refractivity contribution is 5.96. The number of hydrogen-bond acceptors (Lipinski definition) is 4. The summed E-state index contributed by atoms with van der Waals surface area (Å²) in [5.74, 6) is -0.305. The average molecular weight is 268 g/mol. The zero-order valence-corrected chi connectivity index (χ0v) is 11.8. The van der Waals surface area contributed by atoms with Gasteiger partial charge < -0.3 is 15.3 Å². The predicted molar refractivity (Wildman–Crippen MR) is 71.3 cm³/mol. The van der Waals surface area contributed by atoms with Gasteiger partial charge >= 0.3 is 0 Å². The lowest BCUT2D eigenvalue weighted by Gasteiger charge is -2.35. The van der Waals surface area contributed by atoms with Crippen LogP contribution in [-0.4, -0.2) is 39.4 Å². The number of carbonyl (C=O) groups is 1. The second kappa shape index (κ2) is 5.00. The summed E-state index contributed by atoms with van der Waals surface area (Å²) in [7, 11) is 0. The zero-order chi connectivity index (χ0) is 14.4. The summed E-state index contributed by atoms with van der Waals surface area (Å²) in [6.07, 6.45) is 1.78. The second-order valence-electron chi connectivity index (χ2n) is 6.52. The summed E-state index contributed by atoms with van der Waals surface area (Å²) < 4.78 is 0. The van der Waals surface area contributed by atoms with E-state index < -0.39 is 24.2 Å². The van der Waals surface area contributed by atoms with Crippen LogP contribution in [0.25, 0.3) is 0 Å². The molecule has 5 unspecified atom stereocenters. The minimum Gasteiger partial charge on any atom is -0.393 e. The number of aliphatic hydroxyl groups is 3. The van der Waals surface area contributed by atoms with Gasteiger partial charge in [0.25, 0.3) is 0 Å². The van der Waals surface area contributed by atoms with Crippen molar-refractivity contribution >= 4 is 5.78 Å². The molecule has 4 nitrogen and oxygen atoms in total. The summed E-state index contributed by atoms with van der Waals surface area (Å²) in [5, 5.41) is 30.3. The van der Waals surface area contributed by atoms with E-state index in [1.54, 1.807) is 0 Å². The molecule has 2 rings (SSSR count).